The summed E-state index contributed by atoms with van der Waals surface area (Å²) in [6.45, 7) is 7.55. The summed E-state index contributed by atoms with van der Waals surface area (Å²) in [6.07, 6.45) is 13.0. The minimum absolute atomic E-state index is 0. The van der Waals surface area contributed by atoms with Crippen LogP contribution in [0.4, 0.5) is 0 Å². The molecule has 0 aliphatic carbocycles. The summed E-state index contributed by atoms with van der Waals surface area (Å²) >= 11 is 0. The van der Waals surface area contributed by atoms with Crippen LogP contribution < -0.4 is 17.3 Å². The lowest BCUT2D eigenvalue weighted by atomic mass is 10.1. The minimum atomic E-state index is 0. The van der Waals surface area contributed by atoms with Gasteiger partial charge in [0.2, 0.25) is 0 Å². The van der Waals surface area contributed by atoms with Gasteiger partial charge in [-0.05, 0) is 19.3 Å². The second kappa shape index (κ2) is 10.4. The molecule has 0 aromatic rings. The number of unbranched alkanes of at least 4 members (excludes halogenated alkanes) is 5. The Labute approximate surface area is 108 Å². The average molecular weight is 248 g/mol. The monoisotopic (exact) mass is 247 g/mol. The lowest BCUT2D eigenvalue weighted by Gasteiger charge is -2.20. The van der Waals surface area contributed by atoms with E-state index in [0.717, 1.165) is 6.04 Å². The molecule has 0 radical (unpaired) electrons. The van der Waals surface area contributed by atoms with Crippen LogP contribution >= 0.6 is 0 Å². The average Bonchev–Trinajstić information content (AvgIpc) is 2.70. The molecule has 98 valence electrons. The minimum Gasteiger partial charge on any atom is -1.00 e. The first-order valence-corrected chi connectivity index (χ1v) is 7.23. The third-order valence-electron chi connectivity index (χ3n) is 3.97. The Hall–Kier alpha value is 0.250. The Balaban J connectivity index is 0.00000225. The molecule has 0 aromatic heterocycles. The maximum atomic E-state index is 2.36. The van der Waals surface area contributed by atoms with Crippen LogP contribution in [0.3, 0.4) is 0 Å². The number of hydrogen-bond acceptors (Lipinski definition) is 0. The summed E-state index contributed by atoms with van der Waals surface area (Å²) in [4.78, 5) is 1.91. The largest absolute Gasteiger partial charge is 1.00 e. The summed E-state index contributed by atoms with van der Waals surface area (Å²) in [7, 11) is 0. The summed E-state index contributed by atoms with van der Waals surface area (Å²) in [5, 5.41) is 0. The van der Waals surface area contributed by atoms with E-state index in [9.17, 15) is 0 Å². The number of nitrogens with one attached hydrogen (secondary N) is 1. The van der Waals surface area contributed by atoms with Gasteiger partial charge in [-0.15, -0.1) is 0 Å². The van der Waals surface area contributed by atoms with Gasteiger partial charge in [-0.2, -0.15) is 0 Å². The van der Waals surface area contributed by atoms with Crippen molar-refractivity contribution >= 4 is 0 Å². The first-order valence-electron chi connectivity index (χ1n) is 7.23. The van der Waals surface area contributed by atoms with Crippen molar-refractivity contribution in [2.45, 2.75) is 77.7 Å². The molecule has 1 fully saturated rings. The fraction of sp³-hybridized carbons (Fsp3) is 1.00. The van der Waals surface area contributed by atoms with Gasteiger partial charge in [0.15, 0.2) is 0 Å². The third kappa shape index (κ3) is 6.10. The van der Waals surface area contributed by atoms with E-state index in [1.165, 1.54) is 70.9 Å². The van der Waals surface area contributed by atoms with Crippen LogP contribution in [-0.2, 0) is 0 Å². The van der Waals surface area contributed by atoms with E-state index < -0.39 is 0 Å². The predicted octanol–water partition coefficient (Wildman–Crippen LogP) is -0.192. The Morgan fingerprint density at radius 1 is 1.00 bits per heavy atom. The highest BCUT2D eigenvalue weighted by atomic mass is 35.5. The van der Waals surface area contributed by atoms with E-state index in [2.05, 4.69) is 13.8 Å². The van der Waals surface area contributed by atoms with Crippen molar-refractivity contribution in [3.8, 4) is 0 Å². The SMILES string of the molecule is CCCCCCCC[NH+]1CCCC1CC.[Cl-]. The molecule has 0 bridgehead atoms. The molecule has 1 nitrogen and oxygen atoms in total. The lowest BCUT2D eigenvalue weighted by Crippen LogP contribution is -3.13. The molecular formula is C14H30ClN. The van der Waals surface area contributed by atoms with E-state index in [1.807, 2.05) is 4.90 Å². The van der Waals surface area contributed by atoms with Crippen LogP contribution in [-0.4, -0.2) is 19.1 Å². The zero-order chi connectivity index (χ0) is 10.9. The molecule has 16 heavy (non-hydrogen) atoms. The number of hydrogen-bond donors (Lipinski definition) is 1. The van der Waals surface area contributed by atoms with Crippen LogP contribution in [0, 0.1) is 0 Å². The molecule has 1 heterocycles. The zero-order valence-corrected chi connectivity index (χ0v) is 12.0. The third-order valence-corrected chi connectivity index (χ3v) is 3.97. The van der Waals surface area contributed by atoms with Gasteiger partial charge in [0.25, 0.3) is 0 Å². The van der Waals surface area contributed by atoms with Gasteiger partial charge in [-0.1, -0.05) is 39.5 Å². The van der Waals surface area contributed by atoms with Gasteiger partial charge in [0.1, 0.15) is 0 Å². The van der Waals surface area contributed by atoms with Gasteiger partial charge < -0.3 is 17.3 Å². The molecule has 0 aromatic carbocycles. The van der Waals surface area contributed by atoms with E-state index in [4.69, 9.17) is 0 Å². The van der Waals surface area contributed by atoms with Crippen molar-refractivity contribution < 1.29 is 17.3 Å². The van der Waals surface area contributed by atoms with Gasteiger partial charge >= 0.3 is 0 Å². The normalized spacial score (nSPS) is 24.4. The van der Waals surface area contributed by atoms with Crippen LogP contribution in [0.1, 0.15) is 71.6 Å². The Kier molecular flexibility index (Phi) is 10.6. The van der Waals surface area contributed by atoms with Crippen molar-refractivity contribution in [1.29, 1.82) is 0 Å². The first-order chi connectivity index (χ1) is 7.38. The lowest BCUT2D eigenvalue weighted by molar-refractivity contribution is -0.912. The molecular weight excluding hydrogens is 218 g/mol. The maximum absolute atomic E-state index is 2.36. The second-order valence-corrected chi connectivity index (χ2v) is 5.17. The van der Waals surface area contributed by atoms with Crippen LogP contribution in [0.15, 0.2) is 0 Å². The number of quaternary nitrogens is 1. The van der Waals surface area contributed by atoms with Crippen molar-refractivity contribution in [2.75, 3.05) is 13.1 Å². The molecule has 0 amide bonds. The number of halogens is 1. The molecule has 0 spiro atoms. The fourth-order valence-corrected chi connectivity index (χ4v) is 2.94. The van der Waals surface area contributed by atoms with E-state index in [1.54, 1.807) is 0 Å². The quantitative estimate of drug-likeness (QED) is 0.568. The number of rotatable bonds is 8. The topological polar surface area (TPSA) is 4.44 Å². The Bertz CT molecular complexity index is 150. The van der Waals surface area contributed by atoms with E-state index in [0.29, 0.717) is 0 Å². The van der Waals surface area contributed by atoms with Crippen LogP contribution in [0.5, 0.6) is 0 Å². The molecule has 1 saturated heterocycles. The molecule has 2 atom stereocenters. The zero-order valence-electron chi connectivity index (χ0n) is 11.2. The summed E-state index contributed by atoms with van der Waals surface area (Å²) in [5.41, 5.74) is 0. The van der Waals surface area contributed by atoms with E-state index in [-0.39, 0.29) is 12.4 Å². The molecule has 0 saturated carbocycles. The van der Waals surface area contributed by atoms with Crippen LogP contribution in [0.2, 0.25) is 0 Å². The predicted molar refractivity (Wildman–Crippen MR) is 67.4 cm³/mol. The standard InChI is InChI=1S/C14H29N.ClH/c1-3-5-6-7-8-9-12-15-13-10-11-14(15)4-2;/h14H,3-13H2,1-2H3;1H. The highest BCUT2D eigenvalue weighted by molar-refractivity contribution is 4.60. The molecule has 2 unspecified atom stereocenters. The molecule has 1 N–H and O–H groups in total. The fourth-order valence-electron chi connectivity index (χ4n) is 2.94. The van der Waals surface area contributed by atoms with Crippen molar-refractivity contribution in [1.82, 2.24) is 0 Å². The summed E-state index contributed by atoms with van der Waals surface area (Å²) < 4.78 is 0. The van der Waals surface area contributed by atoms with Crippen molar-refractivity contribution in [3.05, 3.63) is 0 Å². The van der Waals surface area contributed by atoms with Gasteiger partial charge in [0.05, 0.1) is 19.1 Å². The van der Waals surface area contributed by atoms with Crippen molar-refractivity contribution in [2.24, 2.45) is 0 Å². The van der Waals surface area contributed by atoms with Crippen molar-refractivity contribution in [3.63, 3.8) is 0 Å². The second-order valence-electron chi connectivity index (χ2n) is 5.17. The summed E-state index contributed by atoms with van der Waals surface area (Å²) in [5.74, 6) is 0. The van der Waals surface area contributed by atoms with Crippen LogP contribution in [0.25, 0.3) is 0 Å². The Morgan fingerprint density at radius 3 is 2.38 bits per heavy atom. The molecule has 2 heteroatoms. The number of likely N-dealkylation sites (tertiary alicyclic amines) is 1. The van der Waals surface area contributed by atoms with Gasteiger partial charge in [-0.3, -0.25) is 0 Å². The first kappa shape index (κ1) is 16.2. The molecule has 1 rings (SSSR count). The van der Waals surface area contributed by atoms with Gasteiger partial charge in [-0.25, -0.2) is 0 Å². The highest BCUT2D eigenvalue weighted by Gasteiger charge is 2.25. The molecule has 1 aliphatic rings. The summed E-state index contributed by atoms with van der Waals surface area (Å²) in [6, 6.07) is 1.00. The maximum Gasteiger partial charge on any atom is 0.0874 e. The molecule has 1 aliphatic heterocycles. The highest BCUT2D eigenvalue weighted by Crippen LogP contribution is 2.06. The smallest absolute Gasteiger partial charge is 0.0874 e. The Morgan fingerprint density at radius 2 is 1.69 bits per heavy atom. The van der Waals surface area contributed by atoms with Gasteiger partial charge in [0, 0.05) is 12.8 Å². The van der Waals surface area contributed by atoms with E-state index >= 15 is 0 Å².